The topological polar surface area (TPSA) is 129 Å². The number of hydrogen-bond acceptors (Lipinski definition) is 11. The van der Waals surface area contributed by atoms with Gasteiger partial charge in [-0.05, 0) is 43.8 Å². The number of rotatable bonds is 7. The Morgan fingerprint density at radius 3 is 2.57 bits per heavy atom. The minimum absolute atomic E-state index is 0.0657. The molecule has 0 saturated carbocycles. The van der Waals surface area contributed by atoms with Crippen LogP contribution >= 0.6 is 11.3 Å². The highest BCUT2D eigenvalue weighted by atomic mass is 32.1. The highest BCUT2D eigenvalue weighted by Gasteiger charge is 2.36. The van der Waals surface area contributed by atoms with Gasteiger partial charge in [-0.3, -0.25) is 19.5 Å². The number of benzene rings is 3. The number of piperazine rings is 1. The normalized spacial score (nSPS) is 17.8. The first-order chi connectivity index (χ1) is 22.8. The monoisotopic (exact) mass is 653 g/mol. The third kappa shape index (κ3) is 5.68. The molecule has 0 spiro atoms. The molecule has 3 aliphatic heterocycles. The van der Waals surface area contributed by atoms with Crippen LogP contribution in [0.25, 0.3) is 11.8 Å². The largest absolute Gasteiger partial charge is 0.463 e. The summed E-state index contributed by atoms with van der Waals surface area (Å²) >= 11 is 1.17. The zero-order valence-electron chi connectivity index (χ0n) is 25.8. The predicted molar refractivity (Wildman–Crippen MR) is 176 cm³/mol. The highest BCUT2D eigenvalue weighted by Crippen LogP contribution is 2.40. The van der Waals surface area contributed by atoms with Crippen LogP contribution in [-0.2, 0) is 9.53 Å². The molecule has 1 atom stereocenters. The van der Waals surface area contributed by atoms with Crippen LogP contribution < -0.4 is 29.3 Å². The second-order valence-electron chi connectivity index (χ2n) is 11.3. The number of aromatic nitrogens is 1. The predicted octanol–water partition coefficient (Wildman–Crippen LogP) is 3.32. The number of nitro groups is 1. The number of nitrogens with zero attached hydrogens (tertiary/aromatic N) is 5. The lowest BCUT2D eigenvalue weighted by Gasteiger charge is -2.34. The van der Waals surface area contributed by atoms with E-state index in [4.69, 9.17) is 19.2 Å². The Kier molecular flexibility index (Phi) is 8.08. The molecule has 12 nitrogen and oxygen atoms in total. The van der Waals surface area contributed by atoms with Gasteiger partial charge in [-0.25, -0.2) is 9.79 Å². The number of esters is 1. The van der Waals surface area contributed by atoms with E-state index in [1.165, 1.54) is 28.0 Å². The zero-order chi connectivity index (χ0) is 32.7. The molecule has 1 aromatic heterocycles. The number of non-ortho nitro benzene ring substituents is 1. The maximum atomic E-state index is 14.5. The van der Waals surface area contributed by atoms with Crippen molar-refractivity contribution < 1.29 is 23.9 Å². The highest BCUT2D eigenvalue weighted by molar-refractivity contribution is 7.07. The fraction of sp³-hybridized carbons (Fsp3) is 0.265. The molecule has 1 saturated heterocycles. The van der Waals surface area contributed by atoms with Crippen molar-refractivity contribution in [3.05, 3.63) is 119 Å². The summed E-state index contributed by atoms with van der Waals surface area (Å²) in [6.45, 7) is 5.08. The second kappa shape index (κ2) is 12.5. The van der Waals surface area contributed by atoms with Crippen molar-refractivity contribution in [2.24, 2.45) is 4.99 Å². The van der Waals surface area contributed by atoms with Crippen molar-refractivity contribution in [3.63, 3.8) is 0 Å². The van der Waals surface area contributed by atoms with Gasteiger partial charge < -0.3 is 24.0 Å². The number of nitro benzene ring substituents is 1. The van der Waals surface area contributed by atoms with E-state index in [9.17, 15) is 19.7 Å². The Morgan fingerprint density at radius 2 is 1.83 bits per heavy atom. The van der Waals surface area contributed by atoms with Gasteiger partial charge in [-0.1, -0.05) is 47.7 Å². The van der Waals surface area contributed by atoms with Gasteiger partial charge in [0.05, 0.1) is 33.4 Å². The number of carbonyl (C=O) groups excluding carboxylic acids is 1. The van der Waals surface area contributed by atoms with Crippen LogP contribution in [0.5, 0.6) is 11.5 Å². The van der Waals surface area contributed by atoms with E-state index in [1.54, 1.807) is 37.3 Å². The molecular formula is C34H31N5O7S. The van der Waals surface area contributed by atoms with E-state index in [0.717, 1.165) is 31.9 Å². The average molecular weight is 654 g/mol. The molecule has 0 amide bonds. The van der Waals surface area contributed by atoms with Crippen LogP contribution in [0.4, 0.5) is 11.4 Å². The lowest BCUT2D eigenvalue weighted by Crippen LogP contribution is -2.44. The van der Waals surface area contributed by atoms with Crippen LogP contribution in [0, 0.1) is 10.1 Å². The van der Waals surface area contributed by atoms with Gasteiger partial charge in [-0.2, -0.15) is 0 Å². The third-order valence-corrected chi connectivity index (χ3v) is 9.42. The fourth-order valence-corrected chi connectivity index (χ4v) is 7.08. The number of ether oxygens (including phenoxy) is 3. The molecule has 47 heavy (non-hydrogen) atoms. The lowest BCUT2D eigenvalue weighted by molar-refractivity contribution is -0.384. The van der Waals surface area contributed by atoms with E-state index in [2.05, 4.69) is 16.8 Å². The molecule has 1 fully saturated rings. The van der Waals surface area contributed by atoms with Crippen LogP contribution in [-0.4, -0.2) is 67.0 Å². The van der Waals surface area contributed by atoms with E-state index in [-0.39, 0.29) is 30.2 Å². The maximum absolute atomic E-state index is 14.5. The Morgan fingerprint density at radius 1 is 1.06 bits per heavy atom. The van der Waals surface area contributed by atoms with Gasteiger partial charge in [0.25, 0.3) is 11.2 Å². The third-order valence-electron chi connectivity index (χ3n) is 8.44. The molecule has 7 rings (SSSR count). The van der Waals surface area contributed by atoms with Crippen LogP contribution in [0.3, 0.4) is 0 Å². The van der Waals surface area contributed by atoms with Gasteiger partial charge in [0.1, 0.15) is 0 Å². The number of anilines is 1. The van der Waals surface area contributed by atoms with E-state index < -0.39 is 16.9 Å². The van der Waals surface area contributed by atoms with Gasteiger partial charge in [0.2, 0.25) is 6.79 Å². The Balaban J connectivity index is 1.47. The minimum Gasteiger partial charge on any atom is -0.463 e. The Labute approximate surface area is 273 Å². The van der Waals surface area contributed by atoms with E-state index in [0.29, 0.717) is 43.2 Å². The van der Waals surface area contributed by atoms with Crippen molar-refractivity contribution in [2.75, 3.05) is 51.5 Å². The van der Waals surface area contributed by atoms with Gasteiger partial charge in [-0.15, -0.1) is 0 Å². The molecular weight excluding hydrogens is 622 g/mol. The summed E-state index contributed by atoms with van der Waals surface area (Å²) in [5, 5.41) is 11.8. The smallest absolute Gasteiger partial charge is 0.338 e. The summed E-state index contributed by atoms with van der Waals surface area (Å²) in [4.78, 5) is 49.3. The van der Waals surface area contributed by atoms with Crippen molar-refractivity contribution in [1.82, 2.24) is 9.47 Å². The number of likely N-dealkylation sites (N-methyl/N-ethyl adjacent to an activating group) is 1. The lowest BCUT2D eigenvalue weighted by atomic mass is 9.93. The summed E-state index contributed by atoms with van der Waals surface area (Å²) in [5.41, 5.74) is 2.81. The number of thiazole rings is 1. The molecule has 3 aliphatic rings. The molecule has 4 heterocycles. The van der Waals surface area contributed by atoms with Gasteiger partial charge in [0, 0.05) is 55.1 Å². The summed E-state index contributed by atoms with van der Waals surface area (Å²) in [6.07, 6.45) is 1.69. The van der Waals surface area contributed by atoms with Crippen LogP contribution in [0.1, 0.15) is 29.7 Å². The average Bonchev–Trinajstić information content (AvgIpc) is 3.68. The number of carbonyl (C=O) groups is 1. The van der Waals surface area contributed by atoms with Crippen LogP contribution in [0.15, 0.2) is 82.1 Å². The zero-order valence-corrected chi connectivity index (χ0v) is 26.6. The van der Waals surface area contributed by atoms with E-state index >= 15 is 0 Å². The molecule has 240 valence electrons. The maximum Gasteiger partial charge on any atom is 0.338 e. The van der Waals surface area contributed by atoms with Crippen molar-refractivity contribution in [3.8, 4) is 11.5 Å². The van der Waals surface area contributed by atoms with Crippen molar-refractivity contribution in [2.45, 2.75) is 13.0 Å². The minimum atomic E-state index is -0.903. The second-order valence-corrected chi connectivity index (χ2v) is 12.3. The van der Waals surface area contributed by atoms with Crippen LogP contribution in [0.2, 0.25) is 0 Å². The fourth-order valence-electron chi connectivity index (χ4n) is 6.09. The Bertz CT molecular complexity index is 2100. The molecule has 0 bridgehead atoms. The first-order valence-electron chi connectivity index (χ1n) is 15.2. The molecule has 0 aliphatic carbocycles. The molecule has 13 heteroatoms. The quantitative estimate of drug-likeness (QED) is 0.168. The number of hydrogen-bond donors (Lipinski definition) is 0. The van der Waals surface area contributed by atoms with Crippen molar-refractivity contribution in [1.29, 1.82) is 0 Å². The summed E-state index contributed by atoms with van der Waals surface area (Å²) < 4.78 is 18.6. The first-order valence-corrected chi connectivity index (χ1v) is 16.0. The number of fused-ring (bicyclic) bond motifs is 2. The molecule has 0 radical (unpaired) electrons. The standard InChI is InChI=1S/C34H31N5O7S/c1-3-44-33(41)29-30(21-7-5-4-6-8-21)35-34-38(31(29)22-9-12-26-27(18-22)46-20-45-26)32(40)28(47-34)19-23-17-24(39(42)43)10-11-25(23)37-15-13-36(2)14-16-37/h4-12,17-19,31H,3,13-16,20H2,1-2H3/t31-/m0/s1. The summed E-state index contributed by atoms with van der Waals surface area (Å²) in [5.74, 6) is 0.468. The first kappa shape index (κ1) is 30.4. The Hall–Kier alpha value is -5.27. The van der Waals surface area contributed by atoms with Gasteiger partial charge >= 0.3 is 5.97 Å². The van der Waals surface area contributed by atoms with E-state index in [1.807, 2.05) is 30.3 Å². The SMILES string of the molecule is CCOC(=O)C1=C(c2ccccc2)N=c2sc(=Cc3cc([N+](=O)[O-])ccc3N3CCN(C)CC3)c(=O)n2[C@H]1c1ccc2c(c1)OCO2. The summed E-state index contributed by atoms with van der Waals surface area (Å²) in [6, 6.07) is 18.4. The molecule has 3 aromatic carbocycles. The summed E-state index contributed by atoms with van der Waals surface area (Å²) in [7, 11) is 2.06. The van der Waals surface area contributed by atoms with Gasteiger partial charge in [0.15, 0.2) is 16.3 Å². The van der Waals surface area contributed by atoms with Crippen molar-refractivity contribution >= 4 is 40.5 Å². The molecule has 4 aromatic rings. The molecule has 0 N–H and O–H groups in total. The molecule has 0 unspecified atom stereocenters.